The maximum absolute atomic E-state index is 12.8. The fourth-order valence-corrected chi connectivity index (χ4v) is 5.30. The average molecular weight is 430 g/mol. The number of carbonyl (C=O) groups excluding carboxylic acids is 1. The number of nitrogens with zero attached hydrogens (tertiary/aromatic N) is 4. The fourth-order valence-electron chi connectivity index (χ4n) is 4.10. The lowest BCUT2D eigenvalue weighted by Gasteiger charge is -2.34. The number of aromatic nitrogens is 2. The van der Waals surface area contributed by atoms with Crippen molar-refractivity contribution in [2.24, 2.45) is 10.3 Å². The van der Waals surface area contributed by atoms with Gasteiger partial charge in [-0.3, -0.25) is 9.48 Å². The topological polar surface area (TPSA) is 96.7 Å². The Kier molecular flexibility index (Phi) is 5.64. The molecule has 0 unspecified atom stereocenters. The van der Waals surface area contributed by atoms with Crippen molar-refractivity contribution >= 4 is 27.5 Å². The molecule has 1 aromatic heterocycles. The number of nitrogens with one attached hydrogen (secondary N) is 1. The van der Waals surface area contributed by atoms with Gasteiger partial charge in [0, 0.05) is 38.2 Å². The molecular formula is C21H27N5O3S. The molecule has 3 heterocycles. The van der Waals surface area contributed by atoms with Crippen molar-refractivity contribution in [3.8, 4) is 0 Å². The molecule has 4 rings (SSSR count). The average Bonchev–Trinajstić information content (AvgIpc) is 3.11. The Labute approximate surface area is 177 Å². The Morgan fingerprint density at radius 1 is 1.30 bits per heavy atom. The number of anilines is 1. The molecule has 0 spiro atoms. The van der Waals surface area contributed by atoms with E-state index in [1.165, 1.54) is 0 Å². The molecule has 2 aliphatic heterocycles. The van der Waals surface area contributed by atoms with Gasteiger partial charge >= 0.3 is 0 Å². The van der Waals surface area contributed by atoms with E-state index in [1.54, 1.807) is 24.3 Å². The second-order valence-corrected chi connectivity index (χ2v) is 9.42. The van der Waals surface area contributed by atoms with Crippen LogP contribution in [0.2, 0.25) is 0 Å². The highest BCUT2D eigenvalue weighted by Gasteiger charge is 2.32. The van der Waals surface area contributed by atoms with Gasteiger partial charge in [-0.2, -0.15) is 13.5 Å². The predicted molar refractivity (Wildman–Crippen MR) is 115 cm³/mol. The molecule has 1 N–H and O–H groups in total. The molecule has 2 aliphatic rings. The van der Waals surface area contributed by atoms with E-state index in [0.717, 1.165) is 30.6 Å². The first-order valence-corrected chi connectivity index (χ1v) is 11.8. The molecule has 1 aromatic carbocycles. The van der Waals surface area contributed by atoms with Crippen LogP contribution in [0.1, 0.15) is 37.4 Å². The first kappa shape index (κ1) is 20.6. The number of benzene rings is 1. The second-order valence-electron chi connectivity index (χ2n) is 7.85. The molecule has 0 saturated carbocycles. The van der Waals surface area contributed by atoms with Crippen LogP contribution in [-0.4, -0.2) is 47.9 Å². The van der Waals surface area contributed by atoms with Gasteiger partial charge in [-0.25, -0.2) is 0 Å². The summed E-state index contributed by atoms with van der Waals surface area (Å²) in [6, 6.07) is 6.78. The molecule has 9 heteroatoms. The Balaban J connectivity index is 1.43. The van der Waals surface area contributed by atoms with Gasteiger partial charge in [0.05, 0.1) is 11.4 Å². The number of carbonyl (C=O) groups is 1. The zero-order valence-electron chi connectivity index (χ0n) is 17.3. The zero-order valence-corrected chi connectivity index (χ0v) is 18.2. The van der Waals surface area contributed by atoms with E-state index >= 15 is 0 Å². The number of amides is 1. The van der Waals surface area contributed by atoms with Gasteiger partial charge in [0.15, 0.2) is 0 Å². The highest BCUT2D eigenvalue weighted by molar-refractivity contribution is 7.90. The number of para-hydroxylation sites is 1. The largest absolute Gasteiger partial charge is 0.342 e. The highest BCUT2D eigenvalue weighted by Crippen LogP contribution is 2.30. The number of sulfonamides is 1. The summed E-state index contributed by atoms with van der Waals surface area (Å²) < 4.78 is 31.0. The summed E-state index contributed by atoms with van der Waals surface area (Å²) in [5, 5.41) is 7.61. The summed E-state index contributed by atoms with van der Waals surface area (Å²) >= 11 is 0. The molecule has 1 amide bonds. The number of rotatable bonds is 5. The van der Waals surface area contributed by atoms with Crippen LogP contribution in [0.25, 0.3) is 0 Å². The van der Waals surface area contributed by atoms with E-state index < -0.39 is 10.0 Å². The number of amidine groups is 1. The summed E-state index contributed by atoms with van der Waals surface area (Å²) in [6.45, 7) is 5.99. The maximum Gasteiger partial charge on any atom is 0.286 e. The van der Waals surface area contributed by atoms with Crippen LogP contribution in [0.3, 0.4) is 0 Å². The quantitative estimate of drug-likeness (QED) is 0.788. The van der Waals surface area contributed by atoms with E-state index in [4.69, 9.17) is 0 Å². The van der Waals surface area contributed by atoms with Crippen molar-refractivity contribution < 1.29 is 13.2 Å². The number of fused-ring (bicyclic) bond motifs is 1. The van der Waals surface area contributed by atoms with Crippen LogP contribution >= 0.6 is 0 Å². The van der Waals surface area contributed by atoms with Gasteiger partial charge in [-0.05, 0) is 50.8 Å². The van der Waals surface area contributed by atoms with Gasteiger partial charge < -0.3 is 10.2 Å². The summed E-state index contributed by atoms with van der Waals surface area (Å²) in [4.78, 5) is 14.9. The number of piperidine rings is 1. The normalized spacial score (nSPS) is 20.3. The van der Waals surface area contributed by atoms with Crippen LogP contribution in [0, 0.1) is 12.8 Å². The standard InChI is InChI=1S/C21H27N5O3S/c1-3-26-14-16(15(2)23-26)10-11-20(27)25-12-6-7-17(13-25)21-22-18-8-4-5-9-19(18)30(28,29)24-21/h4-5,8-9,14,17H,3,6-7,10-13H2,1-2H3,(H,22,24)/t17-/m1/s1. The van der Waals surface area contributed by atoms with E-state index in [-0.39, 0.29) is 16.7 Å². The predicted octanol–water partition coefficient (Wildman–Crippen LogP) is 2.60. The molecule has 0 radical (unpaired) electrons. The molecule has 2 aromatic rings. The van der Waals surface area contributed by atoms with Gasteiger partial charge in [-0.1, -0.05) is 12.1 Å². The molecule has 0 bridgehead atoms. The maximum atomic E-state index is 12.8. The lowest BCUT2D eigenvalue weighted by atomic mass is 9.96. The first-order chi connectivity index (χ1) is 14.4. The van der Waals surface area contributed by atoms with Crippen LogP contribution in [0.15, 0.2) is 39.8 Å². The number of aryl methyl sites for hydroxylation is 3. The zero-order chi connectivity index (χ0) is 21.3. The van der Waals surface area contributed by atoms with E-state index in [2.05, 4.69) is 14.8 Å². The number of hydrogen-bond donors (Lipinski definition) is 1. The Morgan fingerprint density at radius 3 is 2.87 bits per heavy atom. The van der Waals surface area contributed by atoms with Gasteiger partial charge in [0.1, 0.15) is 10.7 Å². The van der Waals surface area contributed by atoms with E-state index in [9.17, 15) is 13.2 Å². The third-order valence-corrected chi connectivity index (χ3v) is 7.14. The van der Waals surface area contributed by atoms with Crippen molar-refractivity contribution in [2.45, 2.75) is 51.0 Å². The minimum Gasteiger partial charge on any atom is -0.342 e. The molecule has 8 nitrogen and oxygen atoms in total. The third-order valence-electron chi connectivity index (χ3n) is 5.79. The smallest absolute Gasteiger partial charge is 0.286 e. The summed E-state index contributed by atoms with van der Waals surface area (Å²) in [5.74, 6) is 0.407. The fraction of sp³-hybridized carbons (Fsp3) is 0.476. The minimum atomic E-state index is -3.72. The van der Waals surface area contributed by atoms with Crippen molar-refractivity contribution in [1.82, 2.24) is 14.7 Å². The Hall–Kier alpha value is -2.68. The lowest BCUT2D eigenvalue weighted by molar-refractivity contribution is -0.132. The summed E-state index contributed by atoms with van der Waals surface area (Å²) in [7, 11) is -3.72. The van der Waals surface area contributed by atoms with E-state index in [0.29, 0.717) is 37.5 Å². The van der Waals surface area contributed by atoms with Gasteiger partial charge in [-0.15, -0.1) is 4.40 Å². The van der Waals surface area contributed by atoms with Crippen molar-refractivity contribution in [3.05, 3.63) is 41.7 Å². The van der Waals surface area contributed by atoms with Crippen molar-refractivity contribution in [2.75, 3.05) is 18.4 Å². The summed E-state index contributed by atoms with van der Waals surface area (Å²) in [6.07, 6.45) is 4.71. The molecule has 1 saturated heterocycles. The minimum absolute atomic E-state index is 0.0861. The molecular weight excluding hydrogens is 402 g/mol. The van der Waals surface area contributed by atoms with Crippen molar-refractivity contribution in [3.63, 3.8) is 0 Å². The Bertz CT molecular complexity index is 1090. The second kappa shape index (κ2) is 8.22. The van der Waals surface area contributed by atoms with Crippen LogP contribution in [0.5, 0.6) is 0 Å². The highest BCUT2D eigenvalue weighted by atomic mass is 32.2. The molecule has 1 atom stereocenters. The van der Waals surface area contributed by atoms with Crippen LogP contribution in [-0.2, 0) is 27.8 Å². The molecule has 30 heavy (non-hydrogen) atoms. The summed E-state index contributed by atoms with van der Waals surface area (Å²) in [5.41, 5.74) is 2.61. The monoisotopic (exact) mass is 429 g/mol. The molecule has 0 aliphatic carbocycles. The van der Waals surface area contributed by atoms with Crippen molar-refractivity contribution in [1.29, 1.82) is 0 Å². The lowest BCUT2D eigenvalue weighted by Crippen LogP contribution is -2.44. The molecule has 160 valence electrons. The third kappa shape index (κ3) is 4.12. The van der Waals surface area contributed by atoms with Crippen LogP contribution < -0.4 is 5.32 Å². The van der Waals surface area contributed by atoms with E-state index in [1.807, 2.05) is 29.6 Å². The van der Waals surface area contributed by atoms with Crippen LogP contribution in [0.4, 0.5) is 5.69 Å². The Morgan fingerprint density at radius 2 is 2.10 bits per heavy atom. The number of likely N-dealkylation sites (tertiary alicyclic amines) is 1. The first-order valence-electron chi connectivity index (χ1n) is 10.4. The molecule has 1 fully saturated rings. The SMILES string of the molecule is CCn1cc(CCC(=O)N2CCC[C@@H](C3=NS(=O)(=O)c4ccccc4N3)C2)c(C)n1. The van der Waals surface area contributed by atoms with Gasteiger partial charge in [0.25, 0.3) is 10.0 Å². The van der Waals surface area contributed by atoms with Gasteiger partial charge in [0.2, 0.25) is 5.91 Å². The number of hydrogen-bond acceptors (Lipinski definition) is 5.